The molecule has 1 aromatic heterocycles. The SMILES string of the molecule is CCOc1ccc2nc(N3CC(S(N)(=O)=O)C3)sc2c1. The second kappa shape index (κ2) is 4.87. The summed E-state index contributed by atoms with van der Waals surface area (Å²) in [5, 5.41) is 5.47. The summed E-state index contributed by atoms with van der Waals surface area (Å²) in [6.07, 6.45) is 0. The van der Waals surface area contributed by atoms with Gasteiger partial charge in [0.25, 0.3) is 0 Å². The maximum atomic E-state index is 11.2. The number of fused-ring (bicyclic) bond motifs is 1. The Bertz CT molecular complexity index is 735. The molecular weight excluding hydrogens is 298 g/mol. The van der Waals surface area contributed by atoms with E-state index < -0.39 is 15.3 Å². The van der Waals surface area contributed by atoms with Gasteiger partial charge < -0.3 is 9.64 Å². The Balaban J connectivity index is 1.81. The van der Waals surface area contributed by atoms with Crippen LogP contribution in [0.15, 0.2) is 18.2 Å². The van der Waals surface area contributed by atoms with Gasteiger partial charge in [-0.1, -0.05) is 11.3 Å². The Morgan fingerprint density at radius 2 is 2.25 bits per heavy atom. The number of ether oxygens (including phenoxy) is 1. The van der Waals surface area contributed by atoms with E-state index in [1.54, 1.807) is 0 Å². The molecule has 1 fully saturated rings. The lowest BCUT2D eigenvalue weighted by molar-refractivity contribution is 0.341. The highest BCUT2D eigenvalue weighted by atomic mass is 32.2. The number of rotatable bonds is 4. The first-order valence-electron chi connectivity index (χ1n) is 6.27. The minimum atomic E-state index is -3.44. The Morgan fingerprint density at radius 3 is 2.90 bits per heavy atom. The molecule has 0 amide bonds. The molecule has 1 saturated heterocycles. The van der Waals surface area contributed by atoms with Crippen LogP contribution in [0.2, 0.25) is 0 Å². The van der Waals surface area contributed by atoms with Gasteiger partial charge in [-0.15, -0.1) is 0 Å². The molecule has 0 unspecified atom stereocenters. The molecule has 2 aromatic rings. The van der Waals surface area contributed by atoms with E-state index in [-0.39, 0.29) is 0 Å². The first-order valence-corrected chi connectivity index (χ1v) is 8.70. The van der Waals surface area contributed by atoms with Gasteiger partial charge in [0.2, 0.25) is 10.0 Å². The minimum absolute atomic E-state index is 0.414. The quantitative estimate of drug-likeness (QED) is 0.916. The summed E-state index contributed by atoms with van der Waals surface area (Å²) in [6.45, 7) is 3.39. The summed E-state index contributed by atoms with van der Waals surface area (Å²) in [7, 11) is -3.44. The highest BCUT2D eigenvalue weighted by molar-refractivity contribution is 7.89. The van der Waals surface area contributed by atoms with E-state index >= 15 is 0 Å². The van der Waals surface area contributed by atoms with Crippen LogP contribution in [-0.4, -0.2) is 38.3 Å². The van der Waals surface area contributed by atoms with Crippen molar-refractivity contribution in [3.05, 3.63) is 18.2 Å². The number of aromatic nitrogens is 1. The molecular formula is C12H15N3O3S2. The molecule has 1 aliphatic rings. The van der Waals surface area contributed by atoms with Gasteiger partial charge in [0.05, 0.1) is 16.8 Å². The molecule has 3 rings (SSSR count). The summed E-state index contributed by atoms with van der Waals surface area (Å²) in [5.41, 5.74) is 0.896. The van der Waals surface area contributed by atoms with Crippen molar-refractivity contribution in [1.82, 2.24) is 4.98 Å². The highest BCUT2D eigenvalue weighted by Crippen LogP contribution is 2.34. The van der Waals surface area contributed by atoms with Crippen LogP contribution in [0.5, 0.6) is 5.75 Å². The van der Waals surface area contributed by atoms with Gasteiger partial charge in [0.15, 0.2) is 5.13 Å². The van der Waals surface area contributed by atoms with Gasteiger partial charge in [0.1, 0.15) is 11.0 Å². The number of thiazole rings is 1. The Morgan fingerprint density at radius 1 is 1.50 bits per heavy atom. The van der Waals surface area contributed by atoms with Crippen LogP contribution in [-0.2, 0) is 10.0 Å². The number of sulfonamides is 1. The predicted octanol–water partition coefficient (Wildman–Crippen LogP) is 1.17. The first kappa shape index (κ1) is 13.6. The van der Waals surface area contributed by atoms with Gasteiger partial charge in [-0.25, -0.2) is 18.5 Å². The molecule has 1 aromatic carbocycles. The summed E-state index contributed by atoms with van der Waals surface area (Å²) >= 11 is 1.53. The van der Waals surface area contributed by atoms with Crippen LogP contribution in [0.25, 0.3) is 10.2 Å². The van der Waals surface area contributed by atoms with Crippen molar-refractivity contribution in [2.75, 3.05) is 24.6 Å². The van der Waals surface area contributed by atoms with Gasteiger partial charge in [-0.3, -0.25) is 0 Å². The lowest BCUT2D eigenvalue weighted by atomic mass is 10.2. The molecule has 108 valence electrons. The minimum Gasteiger partial charge on any atom is -0.494 e. The number of anilines is 1. The van der Waals surface area contributed by atoms with Crippen LogP contribution in [0.1, 0.15) is 6.92 Å². The van der Waals surface area contributed by atoms with Crippen molar-refractivity contribution < 1.29 is 13.2 Å². The van der Waals surface area contributed by atoms with Crippen LogP contribution in [0.3, 0.4) is 0 Å². The average Bonchev–Trinajstić information content (AvgIpc) is 2.67. The van der Waals surface area contributed by atoms with Crippen molar-refractivity contribution >= 4 is 36.7 Å². The van der Waals surface area contributed by atoms with Crippen LogP contribution >= 0.6 is 11.3 Å². The number of hydrogen-bond donors (Lipinski definition) is 1. The van der Waals surface area contributed by atoms with Crippen molar-refractivity contribution in [3.8, 4) is 5.75 Å². The number of primary sulfonamides is 1. The normalized spacial score (nSPS) is 16.4. The molecule has 0 aliphatic carbocycles. The smallest absolute Gasteiger partial charge is 0.215 e. The van der Waals surface area contributed by atoms with Gasteiger partial charge in [-0.05, 0) is 25.1 Å². The van der Waals surface area contributed by atoms with E-state index in [1.165, 1.54) is 11.3 Å². The van der Waals surface area contributed by atoms with E-state index in [4.69, 9.17) is 9.88 Å². The van der Waals surface area contributed by atoms with Crippen molar-refractivity contribution in [3.63, 3.8) is 0 Å². The summed E-state index contributed by atoms with van der Waals surface area (Å²) in [6, 6.07) is 5.76. The van der Waals surface area contributed by atoms with E-state index in [0.717, 1.165) is 21.1 Å². The number of benzene rings is 1. The molecule has 0 saturated carbocycles. The second-order valence-corrected chi connectivity index (χ2v) is 7.53. The zero-order valence-electron chi connectivity index (χ0n) is 10.9. The third-order valence-corrected chi connectivity index (χ3v) is 5.55. The Labute approximate surface area is 121 Å². The standard InChI is InChI=1S/C12H15N3O3S2/c1-2-18-8-3-4-10-11(5-8)19-12(14-10)15-6-9(7-15)20(13,16)17/h3-5,9H,2,6-7H2,1H3,(H2,13,16,17). The molecule has 20 heavy (non-hydrogen) atoms. The van der Waals surface area contributed by atoms with E-state index in [0.29, 0.717) is 19.7 Å². The van der Waals surface area contributed by atoms with Gasteiger partial charge >= 0.3 is 0 Å². The largest absolute Gasteiger partial charge is 0.494 e. The van der Waals surface area contributed by atoms with Crippen LogP contribution < -0.4 is 14.8 Å². The average molecular weight is 313 g/mol. The Kier molecular flexibility index (Phi) is 3.31. The van der Waals surface area contributed by atoms with Crippen LogP contribution in [0.4, 0.5) is 5.13 Å². The lowest BCUT2D eigenvalue weighted by Crippen LogP contribution is -2.56. The highest BCUT2D eigenvalue weighted by Gasteiger charge is 2.36. The fourth-order valence-electron chi connectivity index (χ4n) is 2.09. The summed E-state index contributed by atoms with van der Waals surface area (Å²) in [5.74, 6) is 0.821. The maximum Gasteiger partial charge on any atom is 0.215 e. The van der Waals surface area contributed by atoms with Gasteiger partial charge in [-0.2, -0.15) is 0 Å². The molecule has 2 N–H and O–H groups in total. The fraction of sp³-hybridized carbons (Fsp3) is 0.417. The zero-order chi connectivity index (χ0) is 14.3. The Hall–Kier alpha value is -1.38. The number of hydrogen-bond acceptors (Lipinski definition) is 6. The molecule has 1 aliphatic heterocycles. The third kappa shape index (κ3) is 2.46. The molecule has 0 radical (unpaired) electrons. The molecule has 0 spiro atoms. The topological polar surface area (TPSA) is 85.5 Å². The number of nitrogens with two attached hydrogens (primary N) is 1. The second-order valence-electron chi connectivity index (χ2n) is 4.67. The number of nitrogens with zero attached hydrogens (tertiary/aromatic N) is 2. The zero-order valence-corrected chi connectivity index (χ0v) is 12.6. The molecule has 8 heteroatoms. The fourth-order valence-corrected chi connectivity index (χ4v) is 3.87. The van der Waals surface area contributed by atoms with Crippen molar-refractivity contribution in [2.45, 2.75) is 12.2 Å². The molecule has 0 bridgehead atoms. The first-order chi connectivity index (χ1) is 9.47. The third-order valence-electron chi connectivity index (χ3n) is 3.24. The van der Waals surface area contributed by atoms with Crippen LogP contribution in [0, 0.1) is 0 Å². The van der Waals surface area contributed by atoms with E-state index in [2.05, 4.69) is 4.98 Å². The summed E-state index contributed by atoms with van der Waals surface area (Å²) < 4.78 is 28.9. The maximum absolute atomic E-state index is 11.2. The molecule has 2 heterocycles. The predicted molar refractivity (Wildman–Crippen MR) is 79.9 cm³/mol. The van der Waals surface area contributed by atoms with Crippen molar-refractivity contribution in [1.29, 1.82) is 0 Å². The lowest BCUT2D eigenvalue weighted by Gasteiger charge is -2.37. The molecule has 0 atom stereocenters. The summed E-state index contributed by atoms with van der Waals surface area (Å²) in [4.78, 5) is 6.44. The van der Waals surface area contributed by atoms with E-state index in [1.807, 2.05) is 30.0 Å². The van der Waals surface area contributed by atoms with E-state index in [9.17, 15) is 8.42 Å². The monoisotopic (exact) mass is 313 g/mol. The van der Waals surface area contributed by atoms with Gasteiger partial charge in [0, 0.05) is 13.1 Å². The van der Waals surface area contributed by atoms with Crippen molar-refractivity contribution in [2.24, 2.45) is 5.14 Å². The molecule has 6 nitrogen and oxygen atoms in total.